The van der Waals surface area contributed by atoms with E-state index in [1.807, 2.05) is 66.4 Å². The lowest BCUT2D eigenvalue weighted by molar-refractivity contribution is 0.0614. The number of nitrogens with one attached hydrogen (secondary N) is 1. The molecular weight excluding hydrogens is 428 g/mol. The molecule has 0 radical (unpaired) electrons. The average Bonchev–Trinajstić information content (AvgIpc) is 3.31. The van der Waals surface area contributed by atoms with E-state index in [-0.39, 0.29) is 5.91 Å². The number of hydrogen-bond acceptors (Lipinski definition) is 5. The molecule has 0 unspecified atom stereocenters. The Kier molecular flexibility index (Phi) is 7.29. The van der Waals surface area contributed by atoms with E-state index < -0.39 is 0 Å². The average molecular weight is 455 g/mol. The summed E-state index contributed by atoms with van der Waals surface area (Å²) in [4.78, 5) is 17.1. The number of hydrogen-bond donors (Lipinski definition) is 1. The zero-order chi connectivity index (χ0) is 22.3. The quantitative estimate of drug-likeness (QED) is 0.557. The number of rotatable bonds is 8. The summed E-state index contributed by atoms with van der Waals surface area (Å²) in [5.74, 6) is 1.61. The van der Waals surface area contributed by atoms with Crippen LogP contribution >= 0.6 is 11.6 Å². The van der Waals surface area contributed by atoms with E-state index >= 15 is 0 Å². The van der Waals surface area contributed by atoms with Crippen molar-refractivity contribution in [3.05, 3.63) is 65.3 Å². The molecule has 0 aliphatic carbocycles. The van der Waals surface area contributed by atoms with Gasteiger partial charge in [-0.1, -0.05) is 11.6 Å². The molecular formula is C24H27ClN4O3. The van der Waals surface area contributed by atoms with Gasteiger partial charge < -0.3 is 14.4 Å². The number of ether oxygens (including phenoxy) is 2. The lowest BCUT2D eigenvalue weighted by Gasteiger charge is -2.34. The summed E-state index contributed by atoms with van der Waals surface area (Å²) in [6, 6.07) is 16.9. The number of aromatic amines is 1. The smallest absolute Gasteiger partial charge is 0.271 e. The van der Waals surface area contributed by atoms with Crippen molar-refractivity contribution in [2.45, 2.75) is 6.92 Å². The van der Waals surface area contributed by atoms with Crippen molar-refractivity contribution in [1.82, 2.24) is 20.0 Å². The van der Waals surface area contributed by atoms with E-state index in [4.69, 9.17) is 21.1 Å². The Balaban J connectivity index is 1.25. The Morgan fingerprint density at radius 1 is 1.00 bits per heavy atom. The van der Waals surface area contributed by atoms with Crippen LogP contribution in [-0.4, -0.2) is 71.8 Å². The Labute approximate surface area is 192 Å². The Morgan fingerprint density at radius 2 is 1.66 bits per heavy atom. The summed E-state index contributed by atoms with van der Waals surface area (Å²) in [6.07, 6.45) is 0. The van der Waals surface area contributed by atoms with Crippen LogP contribution in [0.1, 0.15) is 17.4 Å². The summed E-state index contributed by atoms with van der Waals surface area (Å²) < 4.78 is 11.2. The molecule has 1 saturated heterocycles. The summed E-state index contributed by atoms with van der Waals surface area (Å²) in [7, 11) is 0. The van der Waals surface area contributed by atoms with Crippen LogP contribution < -0.4 is 9.47 Å². The number of piperazine rings is 1. The van der Waals surface area contributed by atoms with Crippen LogP contribution in [0.3, 0.4) is 0 Å². The molecule has 4 rings (SSSR count). The van der Waals surface area contributed by atoms with Crippen LogP contribution in [-0.2, 0) is 0 Å². The fourth-order valence-electron chi connectivity index (χ4n) is 3.64. The van der Waals surface area contributed by atoms with Crippen LogP contribution in [0.25, 0.3) is 11.3 Å². The van der Waals surface area contributed by atoms with Crippen LogP contribution in [0.5, 0.6) is 11.5 Å². The molecule has 0 saturated carbocycles. The Hall–Kier alpha value is -3.03. The van der Waals surface area contributed by atoms with Gasteiger partial charge in [-0.15, -0.1) is 0 Å². The second-order valence-electron chi connectivity index (χ2n) is 7.56. The number of H-pyrrole nitrogens is 1. The topological polar surface area (TPSA) is 70.7 Å². The molecule has 32 heavy (non-hydrogen) atoms. The highest BCUT2D eigenvalue weighted by molar-refractivity contribution is 6.30. The molecule has 1 aliphatic rings. The maximum atomic E-state index is 12.9. The fraction of sp³-hybridized carbons (Fsp3) is 0.333. The second kappa shape index (κ2) is 10.5. The predicted octanol–water partition coefficient (Wildman–Crippen LogP) is 3.97. The third-order valence-corrected chi connectivity index (χ3v) is 5.67. The van der Waals surface area contributed by atoms with Crippen molar-refractivity contribution in [3.63, 3.8) is 0 Å². The minimum atomic E-state index is -0.0215. The third-order valence-electron chi connectivity index (χ3n) is 5.42. The molecule has 2 aromatic carbocycles. The van der Waals surface area contributed by atoms with Crippen molar-refractivity contribution in [2.24, 2.45) is 0 Å². The number of nitrogens with zero attached hydrogens (tertiary/aromatic N) is 3. The Bertz CT molecular complexity index is 1010. The molecule has 3 aromatic rings. The molecule has 1 aromatic heterocycles. The first-order valence-electron chi connectivity index (χ1n) is 10.8. The molecule has 1 fully saturated rings. The van der Waals surface area contributed by atoms with Gasteiger partial charge >= 0.3 is 0 Å². The summed E-state index contributed by atoms with van der Waals surface area (Å²) in [6.45, 7) is 6.98. The van der Waals surface area contributed by atoms with Crippen LogP contribution in [0.2, 0.25) is 5.02 Å². The van der Waals surface area contributed by atoms with Gasteiger partial charge in [-0.05, 0) is 61.5 Å². The van der Waals surface area contributed by atoms with E-state index in [2.05, 4.69) is 15.1 Å². The van der Waals surface area contributed by atoms with Gasteiger partial charge in [0.1, 0.15) is 23.8 Å². The highest BCUT2D eigenvalue weighted by atomic mass is 35.5. The van der Waals surface area contributed by atoms with Gasteiger partial charge in [0.15, 0.2) is 0 Å². The van der Waals surface area contributed by atoms with Gasteiger partial charge in [-0.3, -0.25) is 14.8 Å². The lowest BCUT2D eigenvalue weighted by Crippen LogP contribution is -2.49. The van der Waals surface area contributed by atoms with Crippen molar-refractivity contribution >= 4 is 17.5 Å². The number of aromatic nitrogens is 2. The largest absolute Gasteiger partial charge is 0.494 e. The van der Waals surface area contributed by atoms with Gasteiger partial charge in [0.05, 0.1) is 12.3 Å². The fourth-order valence-corrected chi connectivity index (χ4v) is 3.76. The van der Waals surface area contributed by atoms with Gasteiger partial charge in [0.25, 0.3) is 5.91 Å². The molecule has 168 valence electrons. The van der Waals surface area contributed by atoms with Gasteiger partial charge in [0, 0.05) is 43.3 Å². The van der Waals surface area contributed by atoms with E-state index in [1.165, 1.54) is 0 Å². The third kappa shape index (κ3) is 5.60. The van der Waals surface area contributed by atoms with Crippen LogP contribution in [0, 0.1) is 0 Å². The van der Waals surface area contributed by atoms with Gasteiger partial charge in [0.2, 0.25) is 0 Å². The molecule has 0 spiro atoms. The minimum Gasteiger partial charge on any atom is -0.494 e. The van der Waals surface area contributed by atoms with Gasteiger partial charge in [-0.25, -0.2) is 0 Å². The molecule has 1 aliphatic heterocycles. The summed E-state index contributed by atoms with van der Waals surface area (Å²) >= 11 is 5.89. The number of amides is 1. The van der Waals surface area contributed by atoms with E-state index in [0.29, 0.717) is 37.0 Å². The first kappa shape index (κ1) is 22.2. The first-order chi connectivity index (χ1) is 15.6. The zero-order valence-electron chi connectivity index (χ0n) is 18.1. The monoisotopic (exact) mass is 454 g/mol. The number of halogens is 1. The van der Waals surface area contributed by atoms with Crippen LogP contribution in [0.15, 0.2) is 54.6 Å². The highest BCUT2D eigenvalue weighted by Gasteiger charge is 2.23. The van der Waals surface area contributed by atoms with Crippen molar-refractivity contribution in [3.8, 4) is 22.8 Å². The normalized spacial score (nSPS) is 14.4. The first-order valence-corrected chi connectivity index (χ1v) is 11.2. The molecule has 1 N–H and O–H groups in total. The van der Waals surface area contributed by atoms with E-state index in [1.54, 1.807) is 0 Å². The lowest BCUT2D eigenvalue weighted by atomic mass is 10.1. The van der Waals surface area contributed by atoms with E-state index in [0.717, 1.165) is 42.4 Å². The standard InChI is InChI=1S/C24H27ClN4O3/c1-2-31-20-7-3-18(4-8-20)22-17-23(27-26-22)24(30)29-13-11-28(12-14-29)15-16-32-21-9-5-19(25)6-10-21/h3-10,17H,2,11-16H2,1H3,(H,26,27). The minimum absolute atomic E-state index is 0.0215. The molecule has 0 atom stereocenters. The molecule has 7 nitrogen and oxygen atoms in total. The zero-order valence-corrected chi connectivity index (χ0v) is 18.8. The van der Waals surface area contributed by atoms with Gasteiger partial charge in [-0.2, -0.15) is 5.10 Å². The Morgan fingerprint density at radius 3 is 2.34 bits per heavy atom. The number of carbonyl (C=O) groups excluding carboxylic acids is 1. The van der Waals surface area contributed by atoms with Crippen molar-refractivity contribution in [1.29, 1.82) is 0 Å². The predicted molar refractivity (Wildman–Crippen MR) is 124 cm³/mol. The van der Waals surface area contributed by atoms with Crippen molar-refractivity contribution < 1.29 is 14.3 Å². The highest BCUT2D eigenvalue weighted by Crippen LogP contribution is 2.22. The molecule has 1 amide bonds. The summed E-state index contributed by atoms with van der Waals surface area (Å²) in [5, 5.41) is 7.91. The van der Waals surface area contributed by atoms with Crippen molar-refractivity contribution in [2.75, 3.05) is 45.9 Å². The van der Waals surface area contributed by atoms with Crippen LogP contribution in [0.4, 0.5) is 0 Å². The number of carbonyl (C=O) groups is 1. The van der Waals surface area contributed by atoms with E-state index in [9.17, 15) is 4.79 Å². The summed E-state index contributed by atoms with van der Waals surface area (Å²) in [5.41, 5.74) is 2.19. The SMILES string of the molecule is CCOc1ccc(-c2cc(C(=O)N3CCN(CCOc4ccc(Cl)cc4)CC3)[nH]n2)cc1. The maximum Gasteiger partial charge on any atom is 0.271 e. The number of benzene rings is 2. The molecule has 8 heteroatoms. The second-order valence-corrected chi connectivity index (χ2v) is 8.00. The maximum absolute atomic E-state index is 12.9. The molecule has 2 heterocycles. The molecule has 0 bridgehead atoms.